The number of aromatic carboxylic acids is 1. The molecule has 4 N–H and O–H groups in total. The molecule has 0 saturated carbocycles. The number of anilines is 1. The van der Waals surface area contributed by atoms with Gasteiger partial charge in [0.1, 0.15) is 5.69 Å². The minimum Gasteiger partial charge on any atom is -0.477 e. The van der Waals surface area contributed by atoms with Crippen LogP contribution in [0.25, 0.3) is 11.3 Å². The highest BCUT2D eigenvalue weighted by molar-refractivity contribution is 5.93. The number of carboxylic acids is 1. The zero-order chi connectivity index (χ0) is 13.4. The second-order valence-electron chi connectivity index (χ2n) is 4.84. The standard InChI is InChI=1S/C14H15N3O2/c15-14-16-11(12(17-14)13(18)19)10-6-5-8-3-1-2-4-9(8)7-10/h5-7H,1-4H2,(H,18,19)(H3,15,16,17). The molecule has 0 radical (unpaired) electrons. The first-order valence-corrected chi connectivity index (χ1v) is 6.36. The number of aromatic amines is 1. The van der Waals surface area contributed by atoms with Crippen LogP contribution in [0.2, 0.25) is 0 Å². The summed E-state index contributed by atoms with van der Waals surface area (Å²) in [6.07, 6.45) is 4.56. The van der Waals surface area contributed by atoms with E-state index in [1.165, 1.54) is 24.0 Å². The normalized spacial score (nSPS) is 14.1. The van der Waals surface area contributed by atoms with Crippen LogP contribution in [-0.2, 0) is 12.8 Å². The molecule has 1 aromatic carbocycles. The maximum absolute atomic E-state index is 11.2. The number of imidazole rings is 1. The Hall–Kier alpha value is -2.30. The van der Waals surface area contributed by atoms with Crippen LogP contribution in [0.1, 0.15) is 34.5 Å². The molecule has 0 unspecified atom stereocenters. The Morgan fingerprint density at radius 1 is 1.26 bits per heavy atom. The van der Waals surface area contributed by atoms with E-state index in [1.807, 2.05) is 12.1 Å². The average molecular weight is 257 g/mol. The molecule has 1 heterocycles. The first-order chi connectivity index (χ1) is 9.15. The van der Waals surface area contributed by atoms with Crippen molar-refractivity contribution in [2.45, 2.75) is 25.7 Å². The number of carboxylic acid groups (broad SMARTS) is 1. The van der Waals surface area contributed by atoms with Crippen LogP contribution in [0.4, 0.5) is 5.95 Å². The van der Waals surface area contributed by atoms with E-state index < -0.39 is 5.97 Å². The monoisotopic (exact) mass is 257 g/mol. The van der Waals surface area contributed by atoms with Crippen LogP contribution in [0.5, 0.6) is 0 Å². The number of carbonyl (C=O) groups is 1. The Morgan fingerprint density at radius 3 is 2.74 bits per heavy atom. The third-order valence-corrected chi connectivity index (χ3v) is 3.56. The maximum Gasteiger partial charge on any atom is 0.354 e. The van der Waals surface area contributed by atoms with E-state index in [4.69, 9.17) is 10.8 Å². The molecular formula is C14H15N3O2. The van der Waals surface area contributed by atoms with Gasteiger partial charge < -0.3 is 15.8 Å². The molecule has 19 heavy (non-hydrogen) atoms. The number of rotatable bonds is 2. The molecule has 3 rings (SSSR count). The summed E-state index contributed by atoms with van der Waals surface area (Å²) in [6.45, 7) is 0. The fraction of sp³-hybridized carbons (Fsp3) is 0.286. The molecule has 2 aromatic rings. The number of nitrogen functional groups attached to an aromatic ring is 1. The van der Waals surface area contributed by atoms with E-state index in [1.54, 1.807) is 0 Å². The molecule has 0 amide bonds. The summed E-state index contributed by atoms with van der Waals surface area (Å²) < 4.78 is 0. The molecule has 1 aromatic heterocycles. The van der Waals surface area contributed by atoms with E-state index in [2.05, 4.69) is 16.0 Å². The number of hydrogen-bond acceptors (Lipinski definition) is 3. The van der Waals surface area contributed by atoms with Crippen molar-refractivity contribution in [2.75, 3.05) is 5.73 Å². The number of H-pyrrole nitrogens is 1. The molecule has 0 spiro atoms. The summed E-state index contributed by atoms with van der Waals surface area (Å²) in [5, 5.41) is 9.15. The minimum atomic E-state index is -1.04. The summed E-state index contributed by atoms with van der Waals surface area (Å²) in [4.78, 5) is 17.9. The molecule has 5 nitrogen and oxygen atoms in total. The van der Waals surface area contributed by atoms with E-state index in [9.17, 15) is 4.79 Å². The number of nitrogens with one attached hydrogen (secondary N) is 1. The van der Waals surface area contributed by atoms with Gasteiger partial charge in [0.05, 0.1) is 0 Å². The molecule has 1 aliphatic carbocycles. The van der Waals surface area contributed by atoms with Gasteiger partial charge in [0.25, 0.3) is 0 Å². The van der Waals surface area contributed by atoms with Crippen molar-refractivity contribution in [3.63, 3.8) is 0 Å². The SMILES string of the molecule is Nc1nc(-c2ccc3c(c2)CCCC3)c(C(=O)O)[nH]1. The zero-order valence-electron chi connectivity index (χ0n) is 10.4. The van der Waals surface area contributed by atoms with Crippen LogP contribution in [-0.4, -0.2) is 21.0 Å². The number of nitrogens with zero attached hydrogens (tertiary/aromatic N) is 1. The fourth-order valence-electron chi connectivity index (χ4n) is 2.64. The molecule has 0 aliphatic heterocycles. The molecule has 0 saturated heterocycles. The molecule has 98 valence electrons. The Morgan fingerprint density at radius 2 is 2.00 bits per heavy atom. The van der Waals surface area contributed by atoms with E-state index in [0.717, 1.165) is 18.4 Å². The van der Waals surface area contributed by atoms with Crippen LogP contribution < -0.4 is 5.73 Å². The van der Waals surface area contributed by atoms with E-state index in [-0.39, 0.29) is 11.6 Å². The summed E-state index contributed by atoms with van der Waals surface area (Å²) >= 11 is 0. The van der Waals surface area contributed by atoms with Gasteiger partial charge in [-0.05, 0) is 42.9 Å². The molecule has 0 fully saturated rings. The smallest absolute Gasteiger partial charge is 0.354 e. The van der Waals surface area contributed by atoms with Crippen molar-refractivity contribution in [3.8, 4) is 11.3 Å². The van der Waals surface area contributed by atoms with Gasteiger partial charge in [-0.25, -0.2) is 9.78 Å². The predicted molar refractivity (Wildman–Crippen MR) is 72.0 cm³/mol. The number of aromatic nitrogens is 2. The molecule has 5 heteroatoms. The van der Waals surface area contributed by atoms with Crippen LogP contribution in [0.15, 0.2) is 18.2 Å². The highest BCUT2D eigenvalue weighted by Gasteiger charge is 2.18. The largest absolute Gasteiger partial charge is 0.477 e. The lowest BCUT2D eigenvalue weighted by Gasteiger charge is -2.16. The lowest BCUT2D eigenvalue weighted by Crippen LogP contribution is -2.03. The lowest BCUT2D eigenvalue weighted by molar-refractivity contribution is 0.0692. The van der Waals surface area contributed by atoms with E-state index in [0.29, 0.717) is 5.69 Å². The summed E-state index contributed by atoms with van der Waals surface area (Å²) in [5.41, 5.74) is 9.49. The number of hydrogen-bond donors (Lipinski definition) is 3. The Labute approximate surface area is 110 Å². The highest BCUT2D eigenvalue weighted by atomic mass is 16.4. The van der Waals surface area contributed by atoms with E-state index >= 15 is 0 Å². The van der Waals surface area contributed by atoms with Gasteiger partial charge in [-0.3, -0.25) is 0 Å². The fourth-order valence-corrected chi connectivity index (χ4v) is 2.64. The number of fused-ring (bicyclic) bond motifs is 1. The topological polar surface area (TPSA) is 92.0 Å². The van der Waals surface area contributed by atoms with Gasteiger partial charge in [0, 0.05) is 5.56 Å². The first kappa shape index (κ1) is 11.8. The highest BCUT2D eigenvalue weighted by Crippen LogP contribution is 2.28. The van der Waals surface area contributed by atoms with Gasteiger partial charge in [-0.1, -0.05) is 12.1 Å². The third kappa shape index (κ3) is 2.07. The quantitative estimate of drug-likeness (QED) is 0.769. The third-order valence-electron chi connectivity index (χ3n) is 3.56. The molecule has 0 atom stereocenters. The maximum atomic E-state index is 11.2. The van der Waals surface area contributed by atoms with Crippen LogP contribution in [0.3, 0.4) is 0 Å². The summed E-state index contributed by atoms with van der Waals surface area (Å²) in [6, 6.07) is 6.03. The zero-order valence-corrected chi connectivity index (χ0v) is 10.4. The predicted octanol–water partition coefficient (Wildman–Crippen LogP) is 2.24. The first-order valence-electron chi connectivity index (χ1n) is 6.36. The number of nitrogens with two attached hydrogens (primary N) is 1. The second-order valence-corrected chi connectivity index (χ2v) is 4.84. The molecular weight excluding hydrogens is 242 g/mol. The van der Waals surface area contributed by atoms with Crippen molar-refractivity contribution < 1.29 is 9.90 Å². The lowest BCUT2D eigenvalue weighted by atomic mass is 9.90. The van der Waals surface area contributed by atoms with Gasteiger partial charge >= 0.3 is 5.97 Å². The Balaban J connectivity index is 2.09. The van der Waals surface area contributed by atoms with Gasteiger partial charge in [0.2, 0.25) is 0 Å². The van der Waals surface area contributed by atoms with Crippen molar-refractivity contribution in [3.05, 3.63) is 35.0 Å². The number of aryl methyl sites for hydroxylation is 2. The van der Waals surface area contributed by atoms with Crippen LogP contribution >= 0.6 is 0 Å². The summed E-state index contributed by atoms with van der Waals surface area (Å²) in [7, 11) is 0. The van der Waals surface area contributed by atoms with Crippen molar-refractivity contribution in [1.82, 2.24) is 9.97 Å². The van der Waals surface area contributed by atoms with Crippen molar-refractivity contribution in [2.24, 2.45) is 0 Å². The molecule has 0 bridgehead atoms. The Kier molecular flexibility index (Phi) is 2.74. The van der Waals surface area contributed by atoms with Crippen LogP contribution in [0, 0.1) is 0 Å². The second kappa shape index (κ2) is 4.42. The number of benzene rings is 1. The van der Waals surface area contributed by atoms with Gasteiger partial charge in [0.15, 0.2) is 11.6 Å². The Bertz CT molecular complexity index is 646. The van der Waals surface area contributed by atoms with Gasteiger partial charge in [-0.15, -0.1) is 0 Å². The van der Waals surface area contributed by atoms with Crippen molar-refractivity contribution in [1.29, 1.82) is 0 Å². The average Bonchev–Trinajstić information content (AvgIpc) is 2.80. The minimum absolute atomic E-state index is 0.0493. The summed E-state index contributed by atoms with van der Waals surface area (Å²) in [5.74, 6) is -0.915. The molecule has 1 aliphatic rings. The van der Waals surface area contributed by atoms with Gasteiger partial charge in [-0.2, -0.15) is 0 Å². The van der Waals surface area contributed by atoms with Crippen molar-refractivity contribution >= 4 is 11.9 Å².